The van der Waals surface area contributed by atoms with Crippen LogP contribution in [-0.4, -0.2) is 35.8 Å². The van der Waals surface area contributed by atoms with Gasteiger partial charge in [-0.3, -0.25) is 9.59 Å². The normalized spacial score (nSPS) is 19.9. The number of anilines is 1. The molecule has 27 heavy (non-hydrogen) atoms. The van der Waals surface area contributed by atoms with Crippen LogP contribution in [0.2, 0.25) is 0 Å². The van der Waals surface area contributed by atoms with Gasteiger partial charge in [-0.1, -0.05) is 34.1 Å². The van der Waals surface area contributed by atoms with Gasteiger partial charge in [0, 0.05) is 40.8 Å². The summed E-state index contributed by atoms with van der Waals surface area (Å²) < 4.78 is 0.961. The van der Waals surface area contributed by atoms with Gasteiger partial charge >= 0.3 is 0 Å². The lowest BCUT2D eigenvalue weighted by molar-refractivity contribution is -0.124. The van der Waals surface area contributed by atoms with Crippen LogP contribution in [0.5, 0.6) is 0 Å². The van der Waals surface area contributed by atoms with E-state index in [0.717, 1.165) is 29.4 Å². The summed E-state index contributed by atoms with van der Waals surface area (Å²) in [5.41, 5.74) is 3.01. The van der Waals surface area contributed by atoms with Crippen molar-refractivity contribution in [2.75, 3.05) is 18.0 Å². The second-order valence-electron chi connectivity index (χ2n) is 7.46. The molecule has 2 aliphatic heterocycles. The maximum absolute atomic E-state index is 13.2. The third-order valence-electron chi connectivity index (χ3n) is 5.67. The molecule has 0 aliphatic carbocycles. The Morgan fingerprint density at radius 2 is 1.67 bits per heavy atom. The monoisotopic (exact) mass is 426 g/mol. The van der Waals surface area contributed by atoms with Crippen LogP contribution >= 0.6 is 15.9 Å². The molecule has 1 unspecified atom stereocenters. The number of rotatable bonds is 2. The fourth-order valence-corrected chi connectivity index (χ4v) is 4.47. The van der Waals surface area contributed by atoms with Crippen LogP contribution in [-0.2, 0) is 11.2 Å². The van der Waals surface area contributed by atoms with E-state index >= 15 is 0 Å². The molecule has 4 nitrogen and oxygen atoms in total. The van der Waals surface area contributed by atoms with Gasteiger partial charge in [-0.2, -0.15) is 0 Å². The Bertz CT molecular complexity index is 857. The number of piperidine rings is 1. The quantitative estimate of drug-likeness (QED) is 0.718. The molecule has 2 aromatic rings. The van der Waals surface area contributed by atoms with Crippen LogP contribution in [0.3, 0.4) is 0 Å². The Balaban J connectivity index is 1.41. The van der Waals surface area contributed by atoms with Crippen molar-refractivity contribution < 1.29 is 9.59 Å². The van der Waals surface area contributed by atoms with Gasteiger partial charge in [-0.15, -0.1) is 0 Å². The van der Waals surface area contributed by atoms with Crippen molar-refractivity contribution in [1.82, 2.24) is 4.90 Å². The summed E-state index contributed by atoms with van der Waals surface area (Å²) in [6.07, 6.45) is 2.38. The molecule has 5 heteroatoms. The summed E-state index contributed by atoms with van der Waals surface area (Å²) in [5, 5.41) is 0. The Morgan fingerprint density at radius 3 is 2.37 bits per heavy atom. The first kappa shape index (κ1) is 18.2. The predicted octanol–water partition coefficient (Wildman–Crippen LogP) is 4.28. The number of nitrogens with zero attached hydrogens (tertiary/aromatic N) is 2. The minimum atomic E-state index is -0.00688. The van der Waals surface area contributed by atoms with Crippen LogP contribution in [0.15, 0.2) is 53.0 Å². The predicted molar refractivity (Wildman–Crippen MR) is 110 cm³/mol. The van der Waals surface area contributed by atoms with Crippen molar-refractivity contribution in [3.05, 3.63) is 64.1 Å². The van der Waals surface area contributed by atoms with E-state index < -0.39 is 0 Å². The third kappa shape index (κ3) is 3.53. The van der Waals surface area contributed by atoms with Crippen LogP contribution in [0.4, 0.5) is 5.69 Å². The van der Waals surface area contributed by atoms with E-state index in [4.69, 9.17) is 0 Å². The number of carbonyl (C=O) groups is 2. The maximum atomic E-state index is 13.2. The Labute approximate surface area is 168 Å². The minimum Gasteiger partial charge on any atom is -0.339 e. The lowest BCUT2D eigenvalue weighted by Crippen LogP contribution is -2.46. The number of likely N-dealkylation sites (tertiary alicyclic amines) is 1. The minimum absolute atomic E-state index is 0.00688. The number of benzene rings is 2. The summed E-state index contributed by atoms with van der Waals surface area (Å²) in [4.78, 5) is 29.7. The number of hydrogen-bond donors (Lipinski definition) is 0. The van der Waals surface area contributed by atoms with Crippen molar-refractivity contribution in [1.29, 1.82) is 0 Å². The molecule has 0 saturated carbocycles. The van der Waals surface area contributed by atoms with E-state index in [0.29, 0.717) is 18.7 Å². The molecule has 0 N–H and O–H groups in total. The van der Waals surface area contributed by atoms with E-state index in [9.17, 15) is 9.59 Å². The standard InChI is InChI=1S/C22H23BrN2O2/c1-15-14-18-4-2-3-5-20(18)25(15)22(27)17-10-12-24(13-11-17)21(26)16-6-8-19(23)9-7-16/h2-9,15,17H,10-14H2,1H3. The van der Waals surface area contributed by atoms with E-state index in [2.05, 4.69) is 28.9 Å². The van der Waals surface area contributed by atoms with Gasteiger partial charge in [-0.05, 0) is 62.1 Å². The largest absolute Gasteiger partial charge is 0.339 e. The number of fused-ring (bicyclic) bond motifs is 1. The average molecular weight is 427 g/mol. The third-order valence-corrected chi connectivity index (χ3v) is 6.20. The first-order valence-corrected chi connectivity index (χ1v) is 10.3. The molecule has 2 aliphatic rings. The molecule has 1 atom stereocenters. The van der Waals surface area contributed by atoms with Crippen LogP contribution < -0.4 is 4.90 Å². The fourth-order valence-electron chi connectivity index (χ4n) is 4.20. The molecule has 140 valence electrons. The molecule has 1 saturated heterocycles. The van der Waals surface area contributed by atoms with E-state index in [1.54, 1.807) is 0 Å². The number of para-hydroxylation sites is 1. The van der Waals surface area contributed by atoms with Gasteiger partial charge in [0.25, 0.3) is 5.91 Å². The van der Waals surface area contributed by atoms with Gasteiger partial charge in [0.1, 0.15) is 0 Å². The Hall–Kier alpha value is -2.14. The molecular formula is C22H23BrN2O2. The smallest absolute Gasteiger partial charge is 0.253 e. The van der Waals surface area contributed by atoms with Gasteiger partial charge in [0.15, 0.2) is 0 Å². The van der Waals surface area contributed by atoms with Crippen LogP contribution in [0.1, 0.15) is 35.7 Å². The Morgan fingerprint density at radius 1 is 1.00 bits per heavy atom. The zero-order valence-electron chi connectivity index (χ0n) is 15.4. The van der Waals surface area contributed by atoms with Gasteiger partial charge in [-0.25, -0.2) is 0 Å². The second-order valence-corrected chi connectivity index (χ2v) is 8.38. The second kappa shape index (κ2) is 7.47. The van der Waals surface area contributed by atoms with Crippen LogP contribution in [0, 0.1) is 5.92 Å². The molecule has 0 bridgehead atoms. The highest BCUT2D eigenvalue weighted by Gasteiger charge is 2.36. The lowest BCUT2D eigenvalue weighted by Gasteiger charge is -2.34. The SMILES string of the molecule is CC1Cc2ccccc2N1C(=O)C1CCN(C(=O)c2ccc(Br)cc2)CC1. The van der Waals surface area contributed by atoms with Gasteiger partial charge < -0.3 is 9.80 Å². The van der Waals surface area contributed by atoms with E-state index in [1.807, 2.05) is 52.3 Å². The number of hydrogen-bond acceptors (Lipinski definition) is 2. The number of halogens is 1. The molecule has 2 aromatic carbocycles. The maximum Gasteiger partial charge on any atom is 0.253 e. The van der Waals surface area contributed by atoms with Gasteiger partial charge in [0.2, 0.25) is 5.91 Å². The topological polar surface area (TPSA) is 40.6 Å². The number of amides is 2. The highest BCUT2D eigenvalue weighted by atomic mass is 79.9. The van der Waals surface area contributed by atoms with Crippen molar-refractivity contribution in [2.24, 2.45) is 5.92 Å². The molecule has 2 heterocycles. The highest BCUT2D eigenvalue weighted by Crippen LogP contribution is 2.34. The van der Waals surface area contributed by atoms with Crippen LogP contribution in [0.25, 0.3) is 0 Å². The van der Waals surface area contributed by atoms with Crippen molar-refractivity contribution >= 4 is 33.4 Å². The molecule has 4 rings (SSSR count). The van der Waals surface area contributed by atoms with E-state index in [1.165, 1.54) is 5.56 Å². The average Bonchev–Trinajstić information content (AvgIpc) is 3.03. The molecular weight excluding hydrogens is 404 g/mol. The lowest BCUT2D eigenvalue weighted by atomic mass is 9.94. The fraction of sp³-hybridized carbons (Fsp3) is 0.364. The Kier molecular flexibility index (Phi) is 5.04. The molecule has 2 amide bonds. The van der Waals surface area contributed by atoms with Crippen molar-refractivity contribution in [2.45, 2.75) is 32.2 Å². The van der Waals surface area contributed by atoms with Gasteiger partial charge in [0.05, 0.1) is 0 Å². The van der Waals surface area contributed by atoms with E-state index in [-0.39, 0.29) is 23.8 Å². The summed E-state index contributed by atoms with van der Waals surface area (Å²) in [7, 11) is 0. The zero-order chi connectivity index (χ0) is 19.0. The first-order chi connectivity index (χ1) is 13.0. The van der Waals surface area contributed by atoms with Crippen molar-refractivity contribution in [3.8, 4) is 0 Å². The highest BCUT2D eigenvalue weighted by molar-refractivity contribution is 9.10. The summed E-state index contributed by atoms with van der Waals surface area (Å²) >= 11 is 3.40. The molecule has 0 radical (unpaired) electrons. The molecule has 0 aromatic heterocycles. The number of carbonyl (C=O) groups excluding carboxylic acids is 2. The summed E-state index contributed by atoms with van der Waals surface area (Å²) in [6, 6.07) is 15.8. The summed E-state index contributed by atoms with van der Waals surface area (Å²) in [5.74, 6) is 0.254. The summed E-state index contributed by atoms with van der Waals surface area (Å²) in [6.45, 7) is 3.38. The zero-order valence-corrected chi connectivity index (χ0v) is 17.0. The van der Waals surface area contributed by atoms with Crippen molar-refractivity contribution in [3.63, 3.8) is 0 Å². The molecule has 1 fully saturated rings. The first-order valence-electron chi connectivity index (χ1n) is 9.50. The molecule has 0 spiro atoms.